The molecule has 0 atom stereocenters. The second kappa shape index (κ2) is 12.9. The van der Waals surface area contributed by atoms with Crippen molar-refractivity contribution in [3.05, 3.63) is 119 Å². The second-order valence-corrected chi connectivity index (χ2v) is 10.6. The monoisotopic (exact) mass is 563 g/mol. The van der Waals surface area contributed by atoms with E-state index in [-0.39, 0.29) is 4.90 Å². The van der Waals surface area contributed by atoms with Crippen molar-refractivity contribution in [2.45, 2.75) is 11.5 Å². The summed E-state index contributed by atoms with van der Waals surface area (Å²) in [4.78, 5) is 12.7. The van der Waals surface area contributed by atoms with E-state index >= 15 is 0 Å². The predicted octanol–water partition coefficient (Wildman–Crippen LogP) is 5.27. The normalized spacial score (nSPS) is 11.2. The number of carbonyl (C=O) groups is 1. The highest BCUT2D eigenvalue weighted by atomic mass is 35.5. The number of nitrogens with one attached hydrogen (secondary N) is 1. The van der Waals surface area contributed by atoms with Crippen LogP contribution in [-0.2, 0) is 21.4 Å². The molecule has 0 heterocycles. The number of rotatable bonds is 11. The molecule has 8 nitrogen and oxygen atoms in total. The number of anilines is 1. The molecule has 0 aromatic heterocycles. The van der Waals surface area contributed by atoms with Crippen LogP contribution in [0.15, 0.2) is 113 Å². The van der Waals surface area contributed by atoms with Gasteiger partial charge in [-0.1, -0.05) is 41.9 Å². The minimum absolute atomic E-state index is 0.0288. The number of sulfonamides is 1. The third-order valence-corrected chi connectivity index (χ3v) is 7.58. The molecule has 4 rings (SSSR count). The Morgan fingerprint density at radius 2 is 1.62 bits per heavy atom. The van der Waals surface area contributed by atoms with Gasteiger partial charge in [-0.2, -0.15) is 5.10 Å². The lowest BCUT2D eigenvalue weighted by molar-refractivity contribution is -0.119. The van der Waals surface area contributed by atoms with Gasteiger partial charge in [-0.15, -0.1) is 0 Å². The molecule has 0 spiro atoms. The topological polar surface area (TPSA) is 97.3 Å². The average Bonchev–Trinajstić information content (AvgIpc) is 2.96. The molecular formula is C29H26ClN3O5S. The van der Waals surface area contributed by atoms with E-state index in [1.54, 1.807) is 72.8 Å². The molecule has 0 aliphatic heterocycles. The number of hydrazone groups is 1. The summed E-state index contributed by atoms with van der Waals surface area (Å²) in [6.07, 6.45) is 1.46. The van der Waals surface area contributed by atoms with Crippen molar-refractivity contribution in [1.82, 2.24) is 5.43 Å². The second-order valence-electron chi connectivity index (χ2n) is 8.30. The van der Waals surface area contributed by atoms with Gasteiger partial charge in [-0.3, -0.25) is 9.10 Å². The van der Waals surface area contributed by atoms with Crippen LogP contribution in [0.2, 0.25) is 5.02 Å². The van der Waals surface area contributed by atoms with E-state index in [1.165, 1.54) is 25.5 Å². The zero-order valence-electron chi connectivity index (χ0n) is 21.0. The fourth-order valence-corrected chi connectivity index (χ4v) is 5.21. The molecule has 0 fully saturated rings. The zero-order valence-corrected chi connectivity index (χ0v) is 22.6. The van der Waals surface area contributed by atoms with E-state index < -0.39 is 22.5 Å². The van der Waals surface area contributed by atoms with Gasteiger partial charge in [0.25, 0.3) is 15.9 Å². The molecule has 39 heavy (non-hydrogen) atoms. The third kappa shape index (κ3) is 7.59. The molecule has 0 aliphatic carbocycles. The van der Waals surface area contributed by atoms with Crippen LogP contribution in [0, 0.1) is 0 Å². The van der Waals surface area contributed by atoms with Crippen molar-refractivity contribution in [2.24, 2.45) is 5.10 Å². The van der Waals surface area contributed by atoms with Gasteiger partial charge in [0, 0.05) is 5.02 Å². The van der Waals surface area contributed by atoms with E-state index in [4.69, 9.17) is 21.1 Å². The Morgan fingerprint density at radius 3 is 2.28 bits per heavy atom. The van der Waals surface area contributed by atoms with Crippen molar-refractivity contribution in [1.29, 1.82) is 0 Å². The molecule has 0 radical (unpaired) electrons. The van der Waals surface area contributed by atoms with E-state index in [0.717, 1.165) is 15.4 Å². The number of hydrogen-bond acceptors (Lipinski definition) is 6. The number of benzene rings is 4. The van der Waals surface area contributed by atoms with Crippen LogP contribution >= 0.6 is 11.6 Å². The molecule has 200 valence electrons. The highest BCUT2D eigenvalue weighted by Gasteiger charge is 2.27. The Morgan fingerprint density at radius 1 is 0.923 bits per heavy atom. The first-order valence-electron chi connectivity index (χ1n) is 11.9. The largest absolute Gasteiger partial charge is 0.497 e. The first kappa shape index (κ1) is 27.7. The molecule has 4 aromatic carbocycles. The molecule has 0 saturated heterocycles. The van der Waals surface area contributed by atoms with E-state index in [0.29, 0.717) is 28.8 Å². The highest BCUT2D eigenvalue weighted by Crippen LogP contribution is 2.25. The Kier molecular flexibility index (Phi) is 9.19. The number of amides is 1. The lowest BCUT2D eigenvalue weighted by Gasteiger charge is -2.23. The fraction of sp³-hybridized carbons (Fsp3) is 0.103. The molecular weight excluding hydrogens is 538 g/mol. The fourth-order valence-electron chi connectivity index (χ4n) is 3.57. The van der Waals surface area contributed by atoms with E-state index in [9.17, 15) is 13.2 Å². The predicted molar refractivity (Wildman–Crippen MR) is 152 cm³/mol. The Labute approximate surface area is 232 Å². The van der Waals surface area contributed by atoms with Crippen LogP contribution in [-0.4, -0.2) is 34.2 Å². The summed E-state index contributed by atoms with van der Waals surface area (Å²) in [6, 6.07) is 28.9. The summed E-state index contributed by atoms with van der Waals surface area (Å²) in [5.74, 6) is 0.583. The summed E-state index contributed by atoms with van der Waals surface area (Å²) in [5.41, 5.74) is 4.42. The molecule has 0 aliphatic rings. The standard InChI is InChI=1S/C29H26ClN3O5S/c1-37-26-14-16-28(17-15-26)39(35,36)33(25-8-3-2-4-9-25)20-29(34)32-31-19-22-10-12-27(13-11-22)38-21-23-6-5-7-24(30)18-23/h2-19H,20-21H2,1H3,(H,32,34)/b31-19-. The Hall–Kier alpha value is -4.34. The molecule has 1 N–H and O–H groups in total. The van der Waals surface area contributed by atoms with Gasteiger partial charge in [0.05, 0.1) is 23.9 Å². The molecule has 1 amide bonds. The number of methoxy groups -OCH3 is 1. The maximum Gasteiger partial charge on any atom is 0.264 e. The quantitative estimate of drug-likeness (QED) is 0.198. The van der Waals surface area contributed by atoms with Gasteiger partial charge in [0.1, 0.15) is 24.7 Å². The third-order valence-electron chi connectivity index (χ3n) is 5.56. The molecule has 0 bridgehead atoms. The molecule has 10 heteroatoms. The average molecular weight is 564 g/mol. The smallest absolute Gasteiger partial charge is 0.264 e. The first-order chi connectivity index (χ1) is 18.8. The highest BCUT2D eigenvalue weighted by molar-refractivity contribution is 7.92. The number of para-hydroxylation sites is 1. The number of hydrogen-bond donors (Lipinski definition) is 1. The van der Waals surface area contributed by atoms with Crippen LogP contribution in [0.1, 0.15) is 11.1 Å². The number of nitrogens with zero attached hydrogens (tertiary/aromatic N) is 2. The SMILES string of the molecule is COc1ccc(S(=O)(=O)N(CC(=O)N/N=C\c2ccc(OCc3cccc(Cl)c3)cc2)c2ccccc2)cc1. The Balaban J connectivity index is 1.39. The van der Waals surface area contributed by atoms with Crippen molar-refractivity contribution in [3.63, 3.8) is 0 Å². The summed E-state index contributed by atoms with van der Waals surface area (Å²) >= 11 is 6.00. The van der Waals surface area contributed by atoms with Gasteiger partial charge in [0.15, 0.2) is 0 Å². The van der Waals surface area contributed by atoms with Gasteiger partial charge in [-0.25, -0.2) is 13.8 Å². The minimum atomic E-state index is -4.04. The van der Waals surface area contributed by atoms with Crippen molar-refractivity contribution >= 4 is 39.4 Å². The van der Waals surface area contributed by atoms with Crippen molar-refractivity contribution < 1.29 is 22.7 Å². The van der Waals surface area contributed by atoms with Crippen LogP contribution in [0.4, 0.5) is 5.69 Å². The maximum absolute atomic E-state index is 13.4. The van der Waals surface area contributed by atoms with Gasteiger partial charge >= 0.3 is 0 Å². The molecule has 4 aromatic rings. The van der Waals surface area contributed by atoms with Gasteiger partial charge in [-0.05, 0) is 83.9 Å². The Bertz CT molecular complexity index is 1530. The number of halogens is 1. The maximum atomic E-state index is 13.4. The van der Waals surface area contributed by atoms with Crippen LogP contribution in [0.25, 0.3) is 0 Å². The lowest BCUT2D eigenvalue weighted by Crippen LogP contribution is -2.39. The molecule has 0 unspecified atom stereocenters. The van der Waals surface area contributed by atoms with E-state index in [1.807, 2.05) is 18.2 Å². The lowest BCUT2D eigenvalue weighted by atomic mass is 10.2. The summed E-state index contributed by atoms with van der Waals surface area (Å²) in [6.45, 7) is -0.0899. The van der Waals surface area contributed by atoms with Crippen molar-refractivity contribution in [2.75, 3.05) is 18.0 Å². The van der Waals surface area contributed by atoms with Crippen molar-refractivity contribution in [3.8, 4) is 11.5 Å². The number of ether oxygens (including phenoxy) is 2. The minimum Gasteiger partial charge on any atom is -0.497 e. The molecule has 0 saturated carbocycles. The van der Waals surface area contributed by atoms with Crippen LogP contribution in [0.5, 0.6) is 11.5 Å². The van der Waals surface area contributed by atoms with Gasteiger partial charge < -0.3 is 9.47 Å². The van der Waals surface area contributed by atoms with Crippen LogP contribution in [0.3, 0.4) is 0 Å². The number of carbonyl (C=O) groups excluding carboxylic acids is 1. The summed E-state index contributed by atoms with van der Waals surface area (Å²) < 4.78 is 38.7. The summed E-state index contributed by atoms with van der Waals surface area (Å²) in [5, 5.41) is 4.63. The zero-order chi connectivity index (χ0) is 27.7. The summed E-state index contributed by atoms with van der Waals surface area (Å²) in [7, 11) is -2.54. The van der Waals surface area contributed by atoms with Gasteiger partial charge in [0.2, 0.25) is 0 Å². The van der Waals surface area contributed by atoms with Crippen LogP contribution < -0.4 is 19.2 Å². The van der Waals surface area contributed by atoms with E-state index in [2.05, 4.69) is 10.5 Å². The first-order valence-corrected chi connectivity index (χ1v) is 13.7.